The molecule has 1 aliphatic rings. The van der Waals surface area contributed by atoms with Gasteiger partial charge in [-0.25, -0.2) is 0 Å². The van der Waals surface area contributed by atoms with Gasteiger partial charge in [-0.2, -0.15) is 0 Å². The maximum atomic E-state index is 9.09. The predicted octanol–water partition coefficient (Wildman–Crippen LogP) is 1.75. The third kappa shape index (κ3) is 1.64. The minimum Gasteiger partial charge on any atom is -0.489 e. The van der Waals surface area contributed by atoms with Crippen LogP contribution >= 0.6 is 15.9 Å². The molecule has 0 atom stereocenters. The Morgan fingerprint density at radius 1 is 1.54 bits per heavy atom. The first-order valence-electron chi connectivity index (χ1n) is 4.11. The second-order valence-electron chi connectivity index (χ2n) is 2.87. The van der Waals surface area contributed by atoms with E-state index in [1.807, 2.05) is 12.1 Å². The zero-order valence-corrected chi connectivity index (χ0v) is 8.60. The number of fused-ring (bicyclic) bond motifs is 1. The molecule has 0 bridgehead atoms. The van der Waals surface area contributed by atoms with Gasteiger partial charge in [-0.3, -0.25) is 0 Å². The molecule has 70 valence electrons. The fraction of sp³-hybridized carbons (Fsp3) is 0.333. The standard InChI is InChI=1S/C9H10BrNO2/c10-7-3-6(5-12)9-8(4-7)11-1-2-13-9/h3-4,11-12H,1-2,5H2. The van der Waals surface area contributed by atoms with Crippen molar-refractivity contribution in [2.45, 2.75) is 6.61 Å². The fourth-order valence-electron chi connectivity index (χ4n) is 1.41. The van der Waals surface area contributed by atoms with Gasteiger partial charge in [0.15, 0.2) is 0 Å². The van der Waals surface area contributed by atoms with E-state index < -0.39 is 0 Å². The molecule has 0 fully saturated rings. The molecule has 0 amide bonds. The minimum absolute atomic E-state index is 0.00343. The van der Waals surface area contributed by atoms with Crippen molar-refractivity contribution in [3.63, 3.8) is 0 Å². The summed E-state index contributed by atoms with van der Waals surface area (Å²) in [5.41, 5.74) is 1.77. The van der Waals surface area contributed by atoms with E-state index >= 15 is 0 Å². The van der Waals surface area contributed by atoms with Crippen LogP contribution in [0.15, 0.2) is 16.6 Å². The second-order valence-corrected chi connectivity index (χ2v) is 3.79. The molecule has 1 aromatic rings. The molecule has 0 spiro atoms. The quantitative estimate of drug-likeness (QED) is 0.790. The number of hydrogen-bond donors (Lipinski definition) is 2. The minimum atomic E-state index is 0.00343. The summed E-state index contributed by atoms with van der Waals surface area (Å²) in [6, 6.07) is 3.82. The van der Waals surface area contributed by atoms with E-state index in [9.17, 15) is 0 Å². The van der Waals surface area contributed by atoms with Gasteiger partial charge in [0.1, 0.15) is 12.4 Å². The van der Waals surface area contributed by atoms with Crippen molar-refractivity contribution in [1.29, 1.82) is 0 Å². The van der Waals surface area contributed by atoms with Gasteiger partial charge >= 0.3 is 0 Å². The molecular formula is C9H10BrNO2. The van der Waals surface area contributed by atoms with E-state index in [4.69, 9.17) is 9.84 Å². The van der Waals surface area contributed by atoms with Crippen LogP contribution in [0, 0.1) is 0 Å². The Labute approximate surface area is 84.8 Å². The summed E-state index contributed by atoms with van der Waals surface area (Å²) in [6.45, 7) is 1.47. The predicted molar refractivity (Wildman–Crippen MR) is 54.0 cm³/mol. The first-order valence-corrected chi connectivity index (χ1v) is 4.90. The number of ether oxygens (including phenoxy) is 1. The number of anilines is 1. The normalized spacial score (nSPS) is 14.3. The number of hydrogen-bond acceptors (Lipinski definition) is 3. The molecule has 0 radical (unpaired) electrons. The van der Waals surface area contributed by atoms with Crippen LogP contribution in [0.25, 0.3) is 0 Å². The van der Waals surface area contributed by atoms with Crippen LogP contribution in [0.4, 0.5) is 5.69 Å². The maximum absolute atomic E-state index is 9.09. The summed E-state index contributed by atoms with van der Waals surface area (Å²) in [5, 5.41) is 12.3. The van der Waals surface area contributed by atoms with Crippen LogP contribution in [0.3, 0.4) is 0 Å². The largest absolute Gasteiger partial charge is 0.489 e. The lowest BCUT2D eigenvalue weighted by atomic mass is 10.1. The smallest absolute Gasteiger partial charge is 0.148 e. The first-order chi connectivity index (χ1) is 6.31. The third-order valence-corrected chi connectivity index (χ3v) is 2.42. The molecule has 1 heterocycles. The van der Waals surface area contributed by atoms with Crippen molar-refractivity contribution < 1.29 is 9.84 Å². The molecule has 0 aliphatic carbocycles. The van der Waals surface area contributed by atoms with Gasteiger partial charge in [0.2, 0.25) is 0 Å². The summed E-state index contributed by atoms with van der Waals surface area (Å²) < 4.78 is 6.41. The Hall–Kier alpha value is -0.740. The van der Waals surface area contributed by atoms with E-state index in [1.165, 1.54) is 0 Å². The maximum Gasteiger partial charge on any atom is 0.148 e. The molecule has 0 saturated heterocycles. The Bertz CT molecular complexity index is 310. The number of halogens is 1. The highest BCUT2D eigenvalue weighted by molar-refractivity contribution is 9.10. The average Bonchev–Trinajstić information content (AvgIpc) is 2.16. The molecule has 0 aromatic heterocycles. The molecule has 4 heteroatoms. The molecule has 1 aliphatic heterocycles. The highest BCUT2D eigenvalue weighted by Crippen LogP contribution is 2.34. The summed E-state index contributed by atoms with van der Waals surface area (Å²) in [7, 11) is 0. The van der Waals surface area contributed by atoms with Crippen LogP contribution in [0.2, 0.25) is 0 Å². The van der Waals surface area contributed by atoms with Gasteiger partial charge in [-0.1, -0.05) is 15.9 Å². The zero-order valence-electron chi connectivity index (χ0n) is 7.01. The number of benzene rings is 1. The van der Waals surface area contributed by atoms with E-state index in [-0.39, 0.29) is 6.61 Å². The van der Waals surface area contributed by atoms with Crippen molar-refractivity contribution in [3.8, 4) is 5.75 Å². The fourth-order valence-corrected chi connectivity index (χ4v) is 1.91. The number of aliphatic hydroxyl groups is 1. The number of nitrogens with one attached hydrogen (secondary N) is 1. The van der Waals surface area contributed by atoms with E-state index in [2.05, 4.69) is 21.2 Å². The third-order valence-electron chi connectivity index (χ3n) is 1.96. The lowest BCUT2D eigenvalue weighted by molar-refractivity contribution is 0.263. The topological polar surface area (TPSA) is 41.5 Å². The van der Waals surface area contributed by atoms with Crippen LogP contribution in [-0.4, -0.2) is 18.3 Å². The highest BCUT2D eigenvalue weighted by Gasteiger charge is 2.14. The molecule has 0 unspecified atom stereocenters. The van der Waals surface area contributed by atoms with Gasteiger partial charge < -0.3 is 15.2 Å². The van der Waals surface area contributed by atoms with Crippen molar-refractivity contribution in [1.82, 2.24) is 0 Å². The van der Waals surface area contributed by atoms with E-state index in [0.717, 1.165) is 28.0 Å². The molecular weight excluding hydrogens is 234 g/mol. The summed E-state index contributed by atoms with van der Waals surface area (Å²) in [4.78, 5) is 0. The number of rotatable bonds is 1. The van der Waals surface area contributed by atoms with Crippen molar-refractivity contribution >= 4 is 21.6 Å². The molecule has 0 saturated carbocycles. The van der Waals surface area contributed by atoms with Crippen molar-refractivity contribution in [2.24, 2.45) is 0 Å². The molecule has 2 N–H and O–H groups in total. The second kappa shape index (κ2) is 3.55. The molecule has 2 rings (SSSR count). The van der Waals surface area contributed by atoms with Crippen molar-refractivity contribution in [2.75, 3.05) is 18.5 Å². The van der Waals surface area contributed by atoms with Gasteiger partial charge in [-0.15, -0.1) is 0 Å². The number of aliphatic hydroxyl groups excluding tert-OH is 1. The van der Waals surface area contributed by atoms with Crippen LogP contribution in [0.5, 0.6) is 5.75 Å². The lowest BCUT2D eigenvalue weighted by Gasteiger charge is -2.21. The van der Waals surface area contributed by atoms with Crippen molar-refractivity contribution in [3.05, 3.63) is 22.2 Å². The van der Waals surface area contributed by atoms with Crippen LogP contribution < -0.4 is 10.1 Å². The van der Waals surface area contributed by atoms with Gasteiger partial charge in [0.25, 0.3) is 0 Å². The monoisotopic (exact) mass is 243 g/mol. The first kappa shape index (κ1) is 8.84. The molecule has 13 heavy (non-hydrogen) atoms. The Kier molecular flexibility index (Phi) is 2.42. The van der Waals surface area contributed by atoms with Gasteiger partial charge in [0.05, 0.1) is 12.3 Å². The average molecular weight is 244 g/mol. The summed E-state index contributed by atoms with van der Waals surface area (Å²) >= 11 is 3.38. The highest BCUT2D eigenvalue weighted by atomic mass is 79.9. The lowest BCUT2D eigenvalue weighted by Crippen LogP contribution is -2.19. The molecule has 3 nitrogen and oxygen atoms in total. The van der Waals surface area contributed by atoms with Gasteiger partial charge in [0, 0.05) is 16.6 Å². The molecule has 1 aromatic carbocycles. The zero-order chi connectivity index (χ0) is 9.26. The Morgan fingerprint density at radius 3 is 3.15 bits per heavy atom. The SMILES string of the molecule is OCc1cc(Br)cc2c1OCCN2. The van der Waals surface area contributed by atoms with Crippen LogP contribution in [-0.2, 0) is 6.61 Å². The summed E-state index contributed by atoms with van der Waals surface area (Å²) in [5.74, 6) is 0.775. The summed E-state index contributed by atoms with van der Waals surface area (Å²) in [6.07, 6.45) is 0. The Balaban J connectivity index is 2.50. The van der Waals surface area contributed by atoms with Crippen LogP contribution in [0.1, 0.15) is 5.56 Å². The van der Waals surface area contributed by atoms with Gasteiger partial charge in [-0.05, 0) is 12.1 Å². The van der Waals surface area contributed by atoms with E-state index in [0.29, 0.717) is 6.61 Å². The Morgan fingerprint density at radius 2 is 2.38 bits per heavy atom. The van der Waals surface area contributed by atoms with E-state index in [1.54, 1.807) is 0 Å².